The molecule has 0 saturated carbocycles. The summed E-state index contributed by atoms with van der Waals surface area (Å²) in [5, 5.41) is -0.769. The number of sulfonamides is 1. The topological polar surface area (TPSA) is 60.9 Å². The van der Waals surface area contributed by atoms with E-state index in [1.807, 2.05) is 11.8 Å². The first-order valence-electron chi connectivity index (χ1n) is 11.2. The zero-order chi connectivity index (χ0) is 23.8. The number of benzene rings is 2. The predicted octanol–water partition coefficient (Wildman–Crippen LogP) is 3.69. The van der Waals surface area contributed by atoms with Crippen molar-refractivity contribution in [3.8, 4) is 0 Å². The third kappa shape index (κ3) is 4.89. The van der Waals surface area contributed by atoms with Crippen molar-refractivity contribution in [3.63, 3.8) is 0 Å². The summed E-state index contributed by atoms with van der Waals surface area (Å²) in [4.78, 5) is 15.3. The van der Waals surface area contributed by atoms with Crippen LogP contribution < -0.4 is 4.90 Å². The summed E-state index contributed by atoms with van der Waals surface area (Å²) >= 11 is 0. The van der Waals surface area contributed by atoms with E-state index in [2.05, 4.69) is 0 Å². The fraction of sp³-hybridized carbons (Fsp3) is 0.458. The maximum absolute atomic E-state index is 15.1. The van der Waals surface area contributed by atoms with Crippen LogP contribution in [0.15, 0.2) is 42.5 Å². The van der Waals surface area contributed by atoms with Gasteiger partial charge in [0.05, 0.1) is 0 Å². The minimum atomic E-state index is -3.74. The molecule has 0 radical (unpaired) electrons. The lowest BCUT2D eigenvalue weighted by atomic mass is 10.0. The van der Waals surface area contributed by atoms with Crippen molar-refractivity contribution >= 4 is 21.6 Å². The summed E-state index contributed by atoms with van der Waals surface area (Å²) in [5.74, 6) is -0.832. The maximum atomic E-state index is 15.1. The van der Waals surface area contributed by atoms with Crippen LogP contribution in [0.5, 0.6) is 0 Å². The lowest BCUT2D eigenvalue weighted by molar-refractivity contribution is -0.129. The van der Waals surface area contributed by atoms with Gasteiger partial charge in [-0.15, -0.1) is 0 Å². The van der Waals surface area contributed by atoms with Crippen LogP contribution in [-0.2, 0) is 21.4 Å². The number of hydrogen-bond donors (Lipinski definition) is 0. The highest BCUT2D eigenvalue weighted by Crippen LogP contribution is 2.38. The standard InChI is InChI=1S/C24H29F2N3O3S/c1-17-3-10-24(19-4-7-21(25)8-5-19)33(31,32)29(17)16-20-6-9-22(15-23(20)26)28-13-11-27(12-14-28)18(2)30/h4-9,15,17,24H,3,10-14,16H2,1-2H3. The number of anilines is 1. The SMILES string of the molecule is CC(=O)N1CCN(c2ccc(CN3C(C)CCC(c4ccc(F)cc4)S3(=O)=O)c(F)c2)CC1. The van der Waals surface area contributed by atoms with Crippen LogP contribution in [0.1, 0.15) is 43.1 Å². The van der Waals surface area contributed by atoms with Gasteiger partial charge >= 0.3 is 0 Å². The van der Waals surface area contributed by atoms with E-state index in [0.29, 0.717) is 50.1 Å². The molecule has 0 aromatic heterocycles. The van der Waals surface area contributed by atoms with Gasteiger partial charge in [-0.2, -0.15) is 4.31 Å². The minimum Gasteiger partial charge on any atom is -0.368 e. The molecule has 1 amide bonds. The van der Waals surface area contributed by atoms with Crippen molar-refractivity contribution in [2.75, 3.05) is 31.1 Å². The molecule has 2 heterocycles. The van der Waals surface area contributed by atoms with Crippen LogP contribution in [0.3, 0.4) is 0 Å². The Labute approximate surface area is 193 Å². The second-order valence-corrected chi connectivity index (χ2v) is 10.9. The Morgan fingerprint density at radius 1 is 1.00 bits per heavy atom. The molecule has 2 aliphatic rings. The Morgan fingerprint density at radius 2 is 1.67 bits per heavy atom. The van der Waals surface area contributed by atoms with E-state index in [0.717, 1.165) is 5.69 Å². The molecule has 2 saturated heterocycles. The van der Waals surface area contributed by atoms with Gasteiger partial charge in [0.15, 0.2) is 0 Å². The largest absolute Gasteiger partial charge is 0.368 e. The Hall–Kier alpha value is -2.52. The Bertz CT molecular complexity index is 1120. The monoisotopic (exact) mass is 477 g/mol. The molecule has 9 heteroatoms. The molecule has 0 N–H and O–H groups in total. The molecule has 2 atom stereocenters. The van der Waals surface area contributed by atoms with Crippen LogP contribution in [-0.4, -0.2) is 55.8 Å². The van der Waals surface area contributed by atoms with E-state index in [9.17, 15) is 17.6 Å². The summed E-state index contributed by atoms with van der Waals surface area (Å²) in [5.41, 5.74) is 1.59. The van der Waals surface area contributed by atoms with Gasteiger partial charge < -0.3 is 9.80 Å². The molecule has 2 aliphatic heterocycles. The van der Waals surface area contributed by atoms with Gasteiger partial charge in [0.25, 0.3) is 0 Å². The van der Waals surface area contributed by atoms with Crippen molar-refractivity contribution in [2.24, 2.45) is 0 Å². The van der Waals surface area contributed by atoms with Crippen molar-refractivity contribution in [1.29, 1.82) is 0 Å². The van der Waals surface area contributed by atoms with E-state index >= 15 is 4.39 Å². The summed E-state index contributed by atoms with van der Waals surface area (Å²) in [7, 11) is -3.74. The van der Waals surface area contributed by atoms with Gasteiger partial charge in [-0.05, 0) is 49.6 Å². The average molecular weight is 478 g/mol. The molecular formula is C24H29F2N3O3S. The van der Waals surface area contributed by atoms with Crippen molar-refractivity contribution in [2.45, 2.75) is 44.5 Å². The highest BCUT2D eigenvalue weighted by Gasteiger charge is 2.40. The average Bonchev–Trinajstić information content (AvgIpc) is 2.78. The third-order valence-electron chi connectivity index (χ3n) is 6.72. The van der Waals surface area contributed by atoms with Gasteiger partial charge in [0.1, 0.15) is 16.9 Å². The highest BCUT2D eigenvalue weighted by molar-refractivity contribution is 7.89. The summed E-state index contributed by atoms with van der Waals surface area (Å²) in [6, 6.07) is 10.2. The number of piperazine rings is 1. The highest BCUT2D eigenvalue weighted by atomic mass is 32.2. The molecule has 33 heavy (non-hydrogen) atoms. The van der Waals surface area contributed by atoms with Gasteiger partial charge in [-0.25, -0.2) is 17.2 Å². The molecule has 2 fully saturated rings. The van der Waals surface area contributed by atoms with Crippen LogP contribution in [0.4, 0.5) is 14.5 Å². The first-order chi connectivity index (χ1) is 15.7. The molecule has 2 aromatic rings. The smallest absolute Gasteiger partial charge is 0.221 e. The minimum absolute atomic E-state index is 0.0342. The molecule has 0 aliphatic carbocycles. The number of carbonyl (C=O) groups excluding carboxylic acids is 1. The van der Waals surface area contributed by atoms with Crippen LogP contribution >= 0.6 is 0 Å². The van der Waals surface area contributed by atoms with Crippen LogP contribution in [0.25, 0.3) is 0 Å². The maximum Gasteiger partial charge on any atom is 0.221 e. The number of nitrogens with zero attached hydrogens (tertiary/aromatic N) is 3. The number of amides is 1. The lowest BCUT2D eigenvalue weighted by Crippen LogP contribution is -2.48. The van der Waals surface area contributed by atoms with Crippen LogP contribution in [0.2, 0.25) is 0 Å². The van der Waals surface area contributed by atoms with Crippen molar-refractivity contribution < 1.29 is 22.0 Å². The summed E-state index contributed by atoms with van der Waals surface area (Å²) in [6.07, 6.45) is 1.08. The van der Waals surface area contributed by atoms with E-state index in [1.165, 1.54) is 34.6 Å². The Morgan fingerprint density at radius 3 is 2.27 bits per heavy atom. The molecule has 178 valence electrons. The lowest BCUT2D eigenvalue weighted by Gasteiger charge is -2.38. The van der Waals surface area contributed by atoms with Crippen LogP contribution in [0, 0.1) is 11.6 Å². The zero-order valence-electron chi connectivity index (χ0n) is 18.9. The predicted molar refractivity (Wildman–Crippen MR) is 123 cm³/mol. The normalized spacial score (nSPS) is 23.5. The summed E-state index contributed by atoms with van der Waals surface area (Å²) < 4.78 is 56.5. The first-order valence-corrected chi connectivity index (χ1v) is 12.7. The quantitative estimate of drug-likeness (QED) is 0.674. The van der Waals surface area contributed by atoms with E-state index in [4.69, 9.17) is 0 Å². The van der Waals surface area contributed by atoms with Gasteiger partial charge in [-0.3, -0.25) is 4.79 Å². The molecule has 0 spiro atoms. The molecule has 4 rings (SSSR count). The first kappa shape index (κ1) is 23.6. The molecule has 6 nitrogen and oxygen atoms in total. The second-order valence-electron chi connectivity index (χ2n) is 8.83. The fourth-order valence-electron chi connectivity index (χ4n) is 4.67. The van der Waals surface area contributed by atoms with E-state index < -0.39 is 26.9 Å². The second kappa shape index (κ2) is 9.38. The van der Waals surface area contributed by atoms with Crippen molar-refractivity contribution in [1.82, 2.24) is 9.21 Å². The Kier molecular flexibility index (Phi) is 6.72. The zero-order valence-corrected chi connectivity index (χ0v) is 19.7. The van der Waals surface area contributed by atoms with E-state index in [1.54, 1.807) is 24.0 Å². The van der Waals surface area contributed by atoms with Crippen molar-refractivity contribution in [3.05, 3.63) is 65.2 Å². The Balaban J connectivity index is 1.51. The van der Waals surface area contributed by atoms with Gasteiger partial charge in [0.2, 0.25) is 15.9 Å². The third-order valence-corrected chi connectivity index (χ3v) is 9.09. The fourth-order valence-corrected chi connectivity index (χ4v) is 6.86. The number of hydrogen-bond acceptors (Lipinski definition) is 4. The number of halogens is 2. The molecule has 0 bridgehead atoms. The van der Waals surface area contributed by atoms with Gasteiger partial charge in [0, 0.05) is 56.9 Å². The molecular weight excluding hydrogens is 448 g/mol. The molecule has 2 unspecified atom stereocenters. The van der Waals surface area contributed by atoms with Gasteiger partial charge in [-0.1, -0.05) is 18.2 Å². The van der Waals surface area contributed by atoms with E-state index in [-0.39, 0.29) is 18.5 Å². The number of rotatable bonds is 4. The molecule has 2 aromatic carbocycles. The summed E-state index contributed by atoms with van der Waals surface area (Å²) in [6.45, 7) is 5.75. The number of carbonyl (C=O) groups is 1.